The normalized spacial score (nSPS) is 10.7. The van der Waals surface area contributed by atoms with Gasteiger partial charge in [-0.25, -0.2) is 8.78 Å². The van der Waals surface area contributed by atoms with Crippen LogP contribution < -0.4 is 10.5 Å². The molecule has 0 atom stereocenters. The Bertz CT molecular complexity index is 558. The first kappa shape index (κ1) is 13.7. The number of hydrogen-bond donors (Lipinski definition) is 1. The van der Waals surface area contributed by atoms with E-state index in [2.05, 4.69) is 0 Å². The molecular weight excluding hydrogens is 268 g/mol. The summed E-state index contributed by atoms with van der Waals surface area (Å²) in [6.45, 7) is 0. The Hall–Kier alpha value is -1.75. The van der Waals surface area contributed by atoms with Gasteiger partial charge >= 0.3 is 0 Å². The summed E-state index contributed by atoms with van der Waals surface area (Å²) in [5, 5.41) is 0. The van der Waals surface area contributed by atoms with E-state index in [0.29, 0.717) is 11.4 Å². The van der Waals surface area contributed by atoms with Crippen molar-refractivity contribution in [2.45, 2.75) is 11.3 Å². The smallest absolute Gasteiger partial charge is 0.267 e. The fraction of sp³-hybridized carbons (Fsp3) is 0.143. The number of hydrogen-bond acceptors (Lipinski definition) is 3. The second-order valence-corrected chi connectivity index (χ2v) is 4.76. The Morgan fingerprint density at radius 1 is 1.11 bits per heavy atom. The van der Waals surface area contributed by atoms with E-state index in [1.54, 1.807) is 23.9 Å². The third-order valence-electron chi connectivity index (χ3n) is 2.56. The lowest BCUT2D eigenvalue weighted by Gasteiger charge is -2.11. The van der Waals surface area contributed by atoms with Crippen LogP contribution >= 0.6 is 11.8 Å². The van der Waals surface area contributed by atoms with Crippen LogP contribution in [0, 0.1) is 0 Å². The third-order valence-corrected chi connectivity index (χ3v) is 3.30. The van der Waals surface area contributed by atoms with Crippen LogP contribution in [0.3, 0.4) is 0 Å². The maximum atomic E-state index is 12.9. The first-order valence-corrected chi connectivity index (χ1v) is 6.82. The van der Waals surface area contributed by atoms with Crippen molar-refractivity contribution in [3.8, 4) is 11.5 Å². The fourth-order valence-electron chi connectivity index (χ4n) is 1.60. The summed E-state index contributed by atoms with van der Waals surface area (Å²) in [5.41, 5.74) is 5.60. The predicted octanol–water partition coefficient (Wildman–Crippen LogP) is 4.72. The Kier molecular flexibility index (Phi) is 4.27. The standard InChI is InChI=1S/C14H13F2NOS/c1-19-11-5-3-10(4-6-11)18-13-7-2-9(17)8-12(13)14(15)16/h2-8,14H,17H2,1H3. The molecule has 0 aliphatic carbocycles. The van der Waals surface area contributed by atoms with Crippen molar-refractivity contribution in [2.75, 3.05) is 12.0 Å². The van der Waals surface area contributed by atoms with Gasteiger partial charge in [-0.3, -0.25) is 0 Å². The highest BCUT2D eigenvalue weighted by Gasteiger charge is 2.15. The molecule has 2 aromatic carbocycles. The molecule has 0 spiro atoms. The molecule has 100 valence electrons. The van der Waals surface area contributed by atoms with Gasteiger partial charge in [-0.1, -0.05) is 0 Å². The zero-order valence-electron chi connectivity index (χ0n) is 10.3. The molecule has 0 aliphatic rings. The molecule has 0 saturated carbocycles. The van der Waals surface area contributed by atoms with Crippen molar-refractivity contribution in [3.63, 3.8) is 0 Å². The molecule has 0 aromatic heterocycles. The maximum absolute atomic E-state index is 12.9. The topological polar surface area (TPSA) is 35.2 Å². The highest BCUT2D eigenvalue weighted by Crippen LogP contribution is 2.34. The molecule has 2 aromatic rings. The molecule has 0 radical (unpaired) electrons. The Labute approximate surface area is 114 Å². The van der Waals surface area contributed by atoms with Crippen LogP contribution in [-0.4, -0.2) is 6.26 Å². The number of anilines is 1. The van der Waals surface area contributed by atoms with E-state index in [4.69, 9.17) is 10.5 Å². The largest absolute Gasteiger partial charge is 0.457 e. The second kappa shape index (κ2) is 5.93. The van der Waals surface area contributed by atoms with E-state index >= 15 is 0 Å². The van der Waals surface area contributed by atoms with Crippen molar-refractivity contribution in [1.29, 1.82) is 0 Å². The lowest BCUT2D eigenvalue weighted by Crippen LogP contribution is -1.95. The highest BCUT2D eigenvalue weighted by atomic mass is 32.2. The van der Waals surface area contributed by atoms with Gasteiger partial charge in [0.2, 0.25) is 0 Å². The van der Waals surface area contributed by atoms with Gasteiger partial charge in [-0.05, 0) is 48.7 Å². The van der Waals surface area contributed by atoms with Crippen molar-refractivity contribution in [1.82, 2.24) is 0 Å². The van der Waals surface area contributed by atoms with Gasteiger partial charge < -0.3 is 10.5 Å². The molecule has 2 nitrogen and oxygen atoms in total. The van der Waals surface area contributed by atoms with E-state index in [-0.39, 0.29) is 11.3 Å². The lowest BCUT2D eigenvalue weighted by molar-refractivity contribution is 0.148. The molecule has 0 amide bonds. The van der Waals surface area contributed by atoms with Crippen molar-refractivity contribution >= 4 is 17.4 Å². The monoisotopic (exact) mass is 281 g/mol. The maximum Gasteiger partial charge on any atom is 0.267 e. The van der Waals surface area contributed by atoms with Gasteiger partial charge in [0.25, 0.3) is 6.43 Å². The van der Waals surface area contributed by atoms with Crippen LogP contribution in [0.5, 0.6) is 11.5 Å². The average Bonchev–Trinajstić information content (AvgIpc) is 2.41. The fourth-order valence-corrected chi connectivity index (χ4v) is 2.01. The number of thioether (sulfide) groups is 1. The van der Waals surface area contributed by atoms with E-state index in [1.165, 1.54) is 18.2 Å². The minimum absolute atomic E-state index is 0.126. The molecule has 0 unspecified atom stereocenters. The Balaban J connectivity index is 2.26. The van der Waals surface area contributed by atoms with Gasteiger partial charge in [-0.15, -0.1) is 11.8 Å². The SMILES string of the molecule is CSc1ccc(Oc2ccc(N)cc2C(F)F)cc1. The molecule has 0 heterocycles. The van der Waals surface area contributed by atoms with Crippen LogP contribution in [0.1, 0.15) is 12.0 Å². The number of nitrogens with two attached hydrogens (primary N) is 1. The van der Waals surface area contributed by atoms with Crippen LogP contribution in [0.25, 0.3) is 0 Å². The molecule has 19 heavy (non-hydrogen) atoms. The summed E-state index contributed by atoms with van der Waals surface area (Å²) in [7, 11) is 0. The highest BCUT2D eigenvalue weighted by molar-refractivity contribution is 7.98. The number of halogens is 2. The minimum atomic E-state index is -2.62. The van der Waals surface area contributed by atoms with Crippen molar-refractivity contribution < 1.29 is 13.5 Å². The Morgan fingerprint density at radius 3 is 2.37 bits per heavy atom. The van der Waals surface area contributed by atoms with Gasteiger partial charge in [0.1, 0.15) is 11.5 Å². The number of alkyl halides is 2. The summed E-state index contributed by atoms with van der Waals surface area (Å²) < 4.78 is 31.3. The zero-order valence-corrected chi connectivity index (χ0v) is 11.1. The second-order valence-electron chi connectivity index (χ2n) is 3.88. The first-order chi connectivity index (χ1) is 9.10. The summed E-state index contributed by atoms with van der Waals surface area (Å²) >= 11 is 1.60. The third kappa shape index (κ3) is 3.38. The molecule has 5 heteroatoms. The number of benzene rings is 2. The van der Waals surface area contributed by atoms with E-state index in [0.717, 1.165) is 4.90 Å². The summed E-state index contributed by atoms with van der Waals surface area (Å²) in [4.78, 5) is 1.08. The van der Waals surface area contributed by atoms with Crippen LogP contribution in [0.4, 0.5) is 14.5 Å². The summed E-state index contributed by atoms with van der Waals surface area (Å²) in [6, 6.07) is 11.5. The van der Waals surface area contributed by atoms with Crippen LogP contribution in [0.2, 0.25) is 0 Å². The lowest BCUT2D eigenvalue weighted by atomic mass is 10.2. The van der Waals surface area contributed by atoms with E-state index < -0.39 is 6.43 Å². The minimum Gasteiger partial charge on any atom is -0.457 e. The summed E-state index contributed by atoms with van der Waals surface area (Å²) in [5.74, 6) is 0.644. The number of ether oxygens (including phenoxy) is 1. The number of nitrogen functional groups attached to an aromatic ring is 1. The van der Waals surface area contributed by atoms with Crippen LogP contribution in [0.15, 0.2) is 47.4 Å². The number of rotatable bonds is 4. The summed E-state index contributed by atoms with van der Waals surface area (Å²) in [6.07, 6.45) is -0.658. The zero-order chi connectivity index (χ0) is 13.8. The molecule has 0 aliphatic heterocycles. The van der Waals surface area contributed by atoms with E-state index in [9.17, 15) is 8.78 Å². The molecule has 0 fully saturated rings. The van der Waals surface area contributed by atoms with Crippen molar-refractivity contribution in [3.05, 3.63) is 48.0 Å². The average molecular weight is 281 g/mol. The first-order valence-electron chi connectivity index (χ1n) is 5.59. The molecule has 2 rings (SSSR count). The molecule has 2 N–H and O–H groups in total. The van der Waals surface area contributed by atoms with Gasteiger partial charge in [0, 0.05) is 10.6 Å². The quantitative estimate of drug-likeness (QED) is 0.650. The van der Waals surface area contributed by atoms with Crippen molar-refractivity contribution in [2.24, 2.45) is 0 Å². The van der Waals surface area contributed by atoms with Gasteiger partial charge in [-0.2, -0.15) is 0 Å². The van der Waals surface area contributed by atoms with E-state index in [1.807, 2.05) is 18.4 Å². The van der Waals surface area contributed by atoms with Gasteiger partial charge in [0.05, 0.1) is 5.56 Å². The molecule has 0 saturated heterocycles. The molecule has 0 bridgehead atoms. The predicted molar refractivity (Wildman–Crippen MR) is 74.1 cm³/mol. The van der Waals surface area contributed by atoms with Gasteiger partial charge in [0.15, 0.2) is 0 Å². The van der Waals surface area contributed by atoms with Crippen LogP contribution in [-0.2, 0) is 0 Å². The molecular formula is C14H13F2NOS. The Morgan fingerprint density at radius 2 is 1.79 bits per heavy atom.